The summed E-state index contributed by atoms with van der Waals surface area (Å²) in [6, 6.07) is 23.7. The lowest BCUT2D eigenvalue weighted by Crippen LogP contribution is -2.28. The Morgan fingerprint density at radius 1 is 0.795 bits per heavy atom. The van der Waals surface area contributed by atoms with Crippen LogP contribution in [0.25, 0.3) is 12.2 Å². The molecule has 202 valence electrons. The number of rotatable bonds is 10. The number of carbonyl (C=O) groups is 2. The SMILES string of the molecule is CCN(CC)CCOc1ccc(C(=O)C2C/C(=C\c3ccc(C)cc3)C(=O)/C(=C/c3ccc(C)cc3)C2)cc1. The van der Waals surface area contributed by atoms with Crippen molar-refractivity contribution >= 4 is 23.7 Å². The molecule has 4 nitrogen and oxygen atoms in total. The van der Waals surface area contributed by atoms with E-state index in [9.17, 15) is 9.59 Å². The average molecular weight is 522 g/mol. The number of likely N-dealkylation sites (N-methyl/N-ethyl adjacent to an activating group) is 1. The van der Waals surface area contributed by atoms with E-state index in [0.29, 0.717) is 36.2 Å². The van der Waals surface area contributed by atoms with E-state index < -0.39 is 0 Å². The average Bonchev–Trinajstić information content (AvgIpc) is 2.95. The van der Waals surface area contributed by atoms with Crippen molar-refractivity contribution in [1.29, 1.82) is 0 Å². The summed E-state index contributed by atoms with van der Waals surface area (Å²) >= 11 is 0. The number of ether oxygens (including phenoxy) is 1. The Morgan fingerprint density at radius 2 is 1.28 bits per heavy atom. The third-order valence-electron chi connectivity index (χ3n) is 7.43. The Bertz CT molecular complexity index is 1260. The van der Waals surface area contributed by atoms with Gasteiger partial charge < -0.3 is 9.64 Å². The van der Waals surface area contributed by atoms with E-state index in [-0.39, 0.29) is 17.5 Å². The number of ketones is 2. The van der Waals surface area contributed by atoms with Crippen LogP contribution in [-0.4, -0.2) is 42.7 Å². The molecular formula is C35H39NO3. The fourth-order valence-corrected chi connectivity index (χ4v) is 4.94. The first-order chi connectivity index (χ1) is 18.9. The van der Waals surface area contributed by atoms with Crippen LogP contribution in [0, 0.1) is 19.8 Å². The quantitative estimate of drug-likeness (QED) is 0.207. The summed E-state index contributed by atoms with van der Waals surface area (Å²) < 4.78 is 5.90. The second kappa shape index (κ2) is 13.3. The summed E-state index contributed by atoms with van der Waals surface area (Å²) in [5.74, 6) is 0.543. The van der Waals surface area contributed by atoms with Crippen molar-refractivity contribution in [3.05, 3.63) is 112 Å². The monoisotopic (exact) mass is 521 g/mol. The maximum Gasteiger partial charge on any atom is 0.185 e. The number of carbonyl (C=O) groups excluding carboxylic acids is 2. The number of benzene rings is 3. The van der Waals surface area contributed by atoms with Crippen molar-refractivity contribution in [2.45, 2.75) is 40.5 Å². The van der Waals surface area contributed by atoms with Crippen molar-refractivity contribution in [1.82, 2.24) is 4.90 Å². The molecule has 0 aliphatic heterocycles. The minimum atomic E-state index is -0.300. The first-order valence-corrected chi connectivity index (χ1v) is 13.9. The van der Waals surface area contributed by atoms with Crippen molar-refractivity contribution in [3.63, 3.8) is 0 Å². The molecule has 1 saturated carbocycles. The summed E-state index contributed by atoms with van der Waals surface area (Å²) in [6.07, 6.45) is 4.74. The van der Waals surface area contributed by atoms with Crippen LogP contribution in [0.3, 0.4) is 0 Å². The normalized spacial score (nSPS) is 17.7. The van der Waals surface area contributed by atoms with Crippen molar-refractivity contribution in [2.75, 3.05) is 26.2 Å². The topological polar surface area (TPSA) is 46.6 Å². The van der Waals surface area contributed by atoms with Crippen LogP contribution in [0.1, 0.15) is 59.3 Å². The van der Waals surface area contributed by atoms with Gasteiger partial charge in [-0.15, -0.1) is 0 Å². The summed E-state index contributed by atoms with van der Waals surface area (Å²) in [5.41, 5.74) is 6.28. The molecule has 0 unspecified atom stereocenters. The standard InChI is InChI=1S/C35H39NO3/c1-5-36(6-2)19-20-39-33-17-15-29(16-18-33)34(37)32-23-30(21-27-11-7-25(3)8-12-27)35(38)31(24-32)22-28-13-9-26(4)10-14-28/h7-18,21-22,32H,5-6,19-20,23-24H2,1-4H3/b30-21+,31-22+. The highest BCUT2D eigenvalue weighted by Crippen LogP contribution is 2.35. The van der Waals surface area contributed by atoms with Gasteiger partial charge in [0.2, 0.25) is 0 Å². The van der Waals surface area contributed by atoms with Gasteiger partial charge in [-0.25, -0.2) is 0 Å². The lowest BCUT2D eigenvalue weighted by atomic mass is 9.76. The molecule has 1 aliphatic rings. The molecule has 1 aliphatic carbocycles. The Hall–Kier alpha value is -3.76. The number of Topliss-reactive ketones (excluding diaryl/α,β-unsaturated/α-hetero) is 2. The lowest BCUT2D eigenvalue weighted by molar-refractivity contribution is -0.113. The van der Waals surface area contributed by atoms with Crippen LogP contribution in [0.15, 0.2) is 83.9 Å². The van der Waals surface area contributed by atoms with Crippen molar-refractivity contribution < 1.29 is 14.3 Å². The van der Waals surface area contributed by atoms with Gasteiger partial charge in [0.15, 0.2) is 11.6 Å². The zero-order chi connectivity index (χ0) is 27.8. The van der Waals surface area contributed by atoms with Gasteiger partial charge >= 0.3 is 0 Å². The molecule has 3 aromatic rings. The molecule has 0 aromatic heterocycles. The van der Waals surface area contributed by atoms with Gasteiger partial charge in [0.05, 0.1) is 0 Å². The molecule has 4 rings (SSSR count). The van der Waals surface area contributed by atoms with Crippen LogP contribution < -0.4 is 4.74 Å². The fraction of sp³-hybridized carbons (Fsp3) is 0.314. The fourth-order valence-electron chi connectivity index (χ4n) is 4.94. The van der Waals surface area contributed by atoms with Gasteiger partial charge in [-0.3, -0.25) is 9.59 Å². The molecule has 0 saturated heterocycles. The van der Waals surface area contributed by atoms with Gasteiger partial charge in [0.1, 0.15) is 12.4 Å². The Morgan fingerprint density at radius 3 is 1.74 bits per heavy atom. The number of allylic oxidation sites excluding steroid dienone is 2. The summed E-state index contributed by atoms with van der Waals surface area (Å²) in [6.45, 7) is 11.9. The highest BCUT2D eigenvalue weighted by Gasteiger charge is 2.32. The second-order valence-corrected chi connectivity index (χ2v) is 10.4. The van der Waals surface area contributed by atoms with Gasteiger partial charge in [-0.2, -0.15) is 0 Å². The zero-order valence-corrected chi connectivity index (χ0v) is 23.6. The van der Waals surface area contributed by atoms with E-state index >= 15 is 0 Å². The molecule has 4 heteroatoms. The molecule has 0 N–H and O–H groups in total. The van der Waals surface area contributed by atoms with E-state index in [4.69, 9.17) is 4.74 Å². The van der Waals surface area contributed by atoms with Gasteiger partial charge in [-0.1, -0.05) is 73.5 Å². The summed E-state index contributed by atoms with van der Waals surface area (Å²) in [7, 11) is 0. The van der Waals surface area contributed by atoms with E-state index in [0.717, 1.165) is 36.5 Å². The molecule has 0 radical (unpaired) electrons. The largest absolute Gasteiger partial charge is 0.492 e. The van der Waals surface area contributed by atoms with E-state index in [1.807, 2.05) is 98.8 Å². The lowest BCUT2D eigenvalue weighted by Gasteiger charge is -2.25. The zero-order valence-electron chi connectivity index (χ0n) is 23.6. The number of aryl methyl sites for hydroxylation is 2. The Kier molecular flexibility index (Phi) is 9.67. The predicted molar refractivity (Wildman–Crippen MR) is 160 cm³/mol. The van der Waals surface area contributed by atoms with Crippen LogP contribution in [0.4, 0.5) is 0 Å². The Balaban J connectivity index is 1.55. The number of hydrogen-bond donors (Lipinski definition) is 0. The highest BCUT2D eigenvalue weighted by atomic mass is 16.5. The maximum absolute atomic E-state index is 13.7. The Labute approximate surface area is 233 Å². The molecule has 39 heavy (non-hydrogen) atoms. The number of hydrogen-bond acceptors (Lipinski definition) is 4. The van der Waals surface area contributed by atoms with Crippen LogP contribution in [-0.2, 0) is 4.79 Å². The van der Waals surface area contributed by atoms with Crippen molar-refractivity contribution in [3.8, 4) is 5.75 Å². The first-order valence-electron chi connectivity index (χ1n) is 13.9. The molecule has 0 amide bonds. The van der Waals surface area contributed by atoms with E-state index in [2.05, 4.69) is 18.7 Å². The minimum Gasteiger partial charge on any atom is -0.492 e. The molecule has 0 bridgehead atoms. The molecule has 0 heterocycles. The van der Waals surface area contributed by atoms with Crippen LogP contribution >= 0.6 is 0 Å². The third kappa shape index (κ3) is 7.64. The van der Waals surface area contributed by atoms with Crippen LogP contribution in [0.2, 0.25) is 0 Å². The summed E-state index contributed by atoms with van der Waals surface area (Å²) in [4.78, 5) is 29.5. The molecule has 0 spiro atoms. The second-order valence-electron chi connectivity index (χ2n) is 10.4. The molecule has 1 fully saturated rings. The van der Waals surface area contributed by atoms with E-state index in [1.165, 1.54) is 11.1 Å². The highest BCUT2D eigenvalue weighted by molar-refractivity contribution is 6.15. The first kappa shape index (κ1) is 28.3. The van der Waals surface area contributed by atoms with Gasteiger partial charge in [-0.05, 0) is 87.3 Å². The third-order valence-corrected chi connectivity index (χ3v) is 7.43. The summed E-state index contributed by atoms with van der Waals surface area (Å²) in [5, 5.41) is 0. The van der Waals surface area contributed by atoms with Gasteiger partial charge in [0, 0.05) is 29.2 Å². The smallest absolute Gasteiger partial charge is 0.185 e. The van der Waals surface area contributed by atoms with Gasteiger partial charge in [0.25, 0.3) is 0 Å². The van der Waals surface area contributed by atoms with Crippen LogP contribution in [0.5, 0.6) is 5.75 Å². The van der Waals surface area contributed by atoms with E-state index in [1.54, 1.807) is 0 Å². The maximum atomic E-state index is 13.7. The molecule has 3 aromatic carbocycles. The minimum absolute atomic E-state index is 0.0251. The molecule has 0 atom stereocenters. The molecular weight excluding hydrogens is 482 g/mol. The number of nitrogens with zero attached hydrogens (tertiary/aromatic N) is 1. The predicted octanol–water partition coefficient (Wildman–Crippen LogP) is 7.35. The van der Waals surface area contributed by atoms with Crippen molar-refractivity contribution in [2.24, 2.45) is 5.92 Å².